The van der Waals surface area contributed by atoms with Crippen molar-refractivity contribution in [2.24, 2.45) is 0 Å². The predicted molar refractivity (Wildman–Crippen MR) is 77.3 cm³/mol. The molecule has 0 aromatic carbocycles. The molecule has 0 spiro atoms. The first-order chi connectivity index (χ1) is 9.49. The van der Waals surface area contributed by atoms with Crippen LogP contribution in [0, 0.1) is 0 Å². The fourth-order valence-corrected chi connectivity index (χ4v) is 1.78. The van der Waals surface area contributed by atoms with E-state index in [-0.39, 0.29) is 31.6 Å². The predicted octanol–water partition coefficient (Wildman–Crippen LogP) is 0.907. The zero-order valence-electron chi connectivity index (χ0n) is 11.8. The molecule has 0 aliphatic rings. The van der Waals surface area contributed by atoms with Crippen molar-refractivity contribution in [3.63, 3.8) is 0 Å². The van der Waals surface area contributed by atoms with Gasteiger partial charge in [-0.25, -0.2) is 4.79 Å². The highest BCUT2D eigenvalue weighted by Crippen LogP contribution is 2.04. The standard InChI is InChI=1S/C13H21NO5S/c1-4-12(16)18-7-6-11(15)14-8-13(17)19-10(3)9-20-5-2/h4,10H,1,5-9H2,2-3H3,(H,14,15). The number of amides is 1. The molecule has 0 aliphatic carbocycles. The second-order valence-electron chi connectivity index (χ2n) is 3.86. The van der Waals surface area contributed by atoms with Crippen molar-refractivity contribution < 1.29 is 23.9 Å². The smallest absolute Gasteiger partial charge is 0.330 e. The minimum Gasteiger partial charge on any atom is -0.462 e. The highest BCUT2D eigenvalue weighted by Gasteiger charge is 2.11. The monoisotopic (exact) mass is 303 g/mol. The molecule has 1 atom stereocenters. The van der Waals surface area contributed by atoms with Gasteiger partial charge in [0.1, 0.15) is 19.3 Å². The number of hydrogen-bond acceptors (Lipinski definition) is 6. The average molecular weight is 303 g/mol. The van der Waals surface area contributed by atoms with Gasteiger partial charge in [0.05, 0.1) is 6.42 Å². The minimum atomic E-state index is -0.584. The van der Waals surface area contributed by atoms with E-state index >= 15 is 0 Å². The Kier molecular flexibility index (Phi) is 10.5. The molecule has 0 saturated carbocycles. The normalized spacial score (nSPS) is 11.3. The molecule has 0 rings (SSSR count). The van der Waals surface area contributed by atoms with E-state index in [0.717, 1.165) is 17.6 Å². The summed E-state index contributed by atoms with van der Waals surface area (Å²) in [4.78, 5) is 33.5. The average Bonchev–Trinajstić information content (AvgIpc) is 2.42. The Morgan fingerprint density at radius 1 is 1.40 bits per heavy atom. The molecule has 0 aromatic rings. The number of hydrogen-bond donors (Lipinski definition) is 1. The minimum absolute atomic E-state index is 0.00585. The number of carbonyl (C=O) groups excluding carboxylic acids is 3. The summed E-state index contributed by atoms with van der Waals surface area (Å²) in [5.41, 5.74) is 0. The van der Waals surface area contributed by atoms with Crippen LogP contribution in [0.25, 0.3) is 0 Å². The van der Waals surface area contributed by atoms with Crippen LogP contribution in [-0.4, -0.2) is 48.6 Å². The third-order valence-electron chi connectivity index (χ3n) is 2.06. The Balaban J connectivity index is 3.70. The molecule has 0 fully saturated rings. The summed E-state index contributed by atoms with van der Waals surface area (Å²) in [6.45, 7) is 6.83. The molecule has 1 unspecified atom stereocenters. The molecule has 1 N–H and O–H groups in total. The van der Waals surface area contributed by atoms with Crippen molar-refractivity contribution in [3.8, 4) is 0 Å². The summed E-state index contributed by atoms with van der Waals surface area (Å²) in [6, 6.07) is 0. The van der Waals surface area contributed by atoms with E-state index in [2.05, 4.69) is 16.6 Å². The summed E-state index contributed by atoms with van der Waals surface area (Å²) in [7, 11) is 0. The molecule has 0 aromatic heterocycles. The lowest BCUT2D eigenvalue weighted by Gasteiger charge is -2.12. The van der Waals surface area contributed by atoms with E-state index in [1.165, 1.54) is 0 Å². The number of nitrogens with one attached hydrogen (secondary N) is 1. The quantitative estimate of drug-likeness (QED) is 0.477. The zero-order chi connectivity index (χ0) is 15.4. The van der Waals surface area contributed by atoms with Gasteiger partial charge in [-0.15, -0.1) is 0 Å². The lowest BCUT2D eigenvalue weighted by molar-refractivity contribution is -0.147. The van der Waals surface area contributed by atoms with Gasteiger partial charge >= 0.3 is 11.9 Å². The molecule has 1 amide bonds. The fourth-order valence-electron chi connectivity index (χ4n) is 1.15. The molecule has 0 heterocycles. The van der Waals surface area contributed by atoms with Crippen LogP contribution in [0.1, 0.15) is 20.3 Å². The Morgan fingerprint density at radius 3 is 2.70 bits per heavy atom. The van der Waals surface area contributed by atoms with Crippen LogP contribution in [-0.2, 0) is 23.9 Å². The van der Waals surface area contributed by atoms with E-state index in [9.17, 15) is 14.4 Å². The van der Waals surface area contributed by atoms with E-state index < -0.39 is 11.9 Å². The number of thioether (sulfide) groups is 1. The Hall–Kier alpha value is -1.50. The summed E-state index contributed by atoms with van der Waals surface area (Å²) in [6.07, 6.45) is 0.830. The summed E-state index contributed by atoms with van der Waals surface area (Å²) in [5, 5.41) is 2.40. The highest BCUT2D eigenvalue weighted by atomic mass is 32.2. The summed E-state index contributed by atoms with van der Waals surface area (Å²) < 4.78 is 9.73. The van der Waals surface area contributed by atoms with Crippen molar-refractivity contribution in [1.29, 1.82) is 0 Å². The summed E-state index contributed by atoms with van der Waals surface area (Å²) in [5.74, 6) is 0.245. The molecule has 0 aliphatic heterocycles. The molecular formula is C13H21NO5S. The van der Waals surface area contributed by atoms with Gasteiger partial charge in [-0.3, -0.25) is 9.59 Å². The number of esters is 2. The largest absolute Gasteiger partial charge is 0.462 e. The maximum atomic E-state index is 11.4. The molecule has 0 saturated heterocycles. The first-order valence-electron chi connectivity index (χ1n) is 6.32. The van der Waals surface area contributed by atoms with Crippen molar-refractivity contribution in [2.45, 2.75) is 26.4 Å². The fraction of sp³-hybridized carbons (Fsp3) is 0.615. The van der Waals surface area contributed by atoms with Gasteiger partial charge < -0.3 is 14.8 Å². The maximum absolute atomic E-state index is 11.4. The van der Waals surface area contributed by atoms with Crippen LogP contribution < -0.4 is 5.32 Å². The Morgan fingerprint density at radius 2 is 2.10 bits per heavy atom. The van der Waals surface area contributed by atoms with E-state index in [1.54, 1.807) is 18.7 Å². The lowest BCUT2D eigenvalue weighted by atomic mass is 10.4. The van der Waals surface area contributed by atoms with Gasteiger partial charge in [0, 0.05) is 11.8 Å². The second-order valence-corrected chi connectivity index (χ2v) is 5.18. The van der Waals surface area contributed by atoms with Crippen LogP contribution in [0.15, 0.2) is 12.7 Å². The topological polar surface area (TPSA) is 81.7 Å². The molecule has 20 heavy (non-hydrogen) atoms. The van der Waals surface area contributed by atoms with Crippen LogP contribution in [0.2, 0.25) is 0 Å². The van der Waals surface area contributed by atoms with Crippen LogP contribution in [0.4, 0.5) is 0 Å². The molecule has 0 radical (unpaired) electrons. The highest BCUT2D eigenvalue weighted by molar-refractivity contribution is 7.99. The van der Waals surface area contributed by atoms with Gasteiger partial charge in [0.25, 0.3) is 0 Å². The lowest BCUT2D eigenvalue weighted by Crippen LogP contribution is -2.33. The zero-order valence-corrected chi connectivity index (χ0v) is 12.7. The third-order valence-corrected chi connectivity index (χ3v) is 3.17. The number of ether oxygens (including phenoxy) is 2. The van der Waals surface area contributed by atoms with Crippen molar-refractivity contribution in [2.75, 3.05) is 24.7 Å². The summed E-state index contributed by atoms with van der Waals surface area (Å²) >= 11 is 1.68. The SMILES string of the molecule is C=CC(=O)OCCC(=O)NCC(=O)OC(C)CSCC. The molecule has 114 valence electrons. The van der Waals surface area contributed by atoms with Gasteiger partial charge in [0.2, 0.25) is 5.91 Å². The van der Waals surface area contributed by atoms with Gasteiger partial charge in [-0.2, -0.15) is 11.8 Å². The Labute approximate surface area is 123 Å². The van der Waals surface area contributed by atoms with Gasteiger partial charge in [0.15, 0.2) is 0 Å². The van der Waals surface area contributed by atoms with Gasteiger partial charge in [-0.1, -0.05) is 13.5 Å². The first-order valence-corrected chi connectivity index (χ1v) is 7.48. The van der Waals surface area contributed by atoms with Crippen molar-refractivity contribution in [1.82, 2.24) is 5.32 Å². The van der Waals surface area contributed by atoms with E-state index in [4.69, 9.17) is 4.74 Å². The molecule has 6 nitrogen and oxygen atoms in total. The second kappa shape index (κ2) is 11.3. The maximum Gasteiger partial charge on any atom is 0.330 e. The van der Waals surface area contributed by atoms with E-state index in [0.29, 0.717) is 0 Å². The van der Waals surface area contributed by atoms with E-state index in [1.807, 2.05) is 6.92 Å². The molecular weight excluding hydrogens is 282 g/mol. The molecule has 7 heteroatoms. The van der Waals surface area contributed by atoms with Crippen LogP contribution in [0.5, 0.6) is 0 Å². The molecule has 0 bridgehead atoms. The number of carbonyl (C=O) groups is 3. The van der Waals surface area contributed by atoms with Crippen molar-refractivity contribution >= 4 is 29.6 Å². The third kappa shape index (κ3) is 10.4. The van der Waals surface area contributed by atoms with Crippen LogP contribution in [0.3, 0.4) is 0 Å². The first kappa shape index (κ1) is 18.5. The van der Waals surface area contributed by atoms with Gasteiger partial charge in [-0.05, 0) is 12.7 Å². The number of rotatable bonds is 10. The Bertz CT molecular complexity index is 346. The van der Waals surface area contributed by atoms with Crippen molar-refractivity contribution in [3.05, 3.63) is 12.7 Å². The van der Waals surface area contributed by atoms with Crippen LogP contribution >= 0.6 is 11.8 Å².